The molecule has 4 heteroatoms. The van der Waals surface area contributed by atoms with Crippen molar-refractivity contribution in [1.82, 2.24) is 5.32 Å². The standard InChI is InChI=1S/C12H26N2OS/c1-11(7-8-13)5-6-12(15)14-9-3-4-10-16-2/h11H,3-10,13H2,1-2H3,(H,14,15). The number of nitrogens with one attached hydrogen (secondary N) is 1. The van der Waals surface area contributed by atoms with Gasteiger partial charge in [-0.3, -0.25) is 4.79 Å². The molecule has 0 heterocycles. The topological polar surface area (TPSA) is 55.1 Å². The van der Waals surface area contributed by atoms with Crippen molar-refractivity contribution in [2.24, 2.45) is 11.7 Å². The Morgan fingerprint density at radius 1 is 1.38 bits per heavy atom. The highest BCUT2D eigenvalue weighted by molar-refractivity contribution is 7.98. The maximum atomic E-state index is 11.4. The molecule has 3 nitrogen and oxygen atoms in total. The Kier molecular flexibility index (Phi) is 11.1. The molecule has 16 heavy (non-hydrogen) atoms. The van der Waals surface area contributed by atoms with Crippen LogP contribution in [0.2, 0.25) is 0 Å². The lowest BCUT2D eigenvalue weighted by Crippen LogP contribution is -2.24. The van der Waals surface area contributed by atoms with E-state index in [2.05, 4.69) is 18.5 Å². The quantitative estimate of drug-likeness (QED) is 0.580. The van der Waals surface area contributed by atoms with E-state index in [9.17, 15) is 4.79 Å². The van der Waals surface area contributed by atoms with Gasteiger partial charge in [-0.05, 0) is 50.2 Å². The van der Waals surface area contributed by atoms with E-state index >= 15 is 0 Å². The second kappa shape index (κ2) is 11.3. The number of unbranched alkanes of at least 4 members (excludes halogenated alkanes) is 1. The Bertz CT molecular complexity index is 176. The first kappa shape index (κ1) is 15.8. The molecule has 0 rings (SSSR count). The summed E-state index contributed by atoms with van der Waals surface area (Å²) in [5, 5.41) is 2.96. The number of rotatable bonds is 10. The fourth-order valence-electron chi connectivity index (χ4n) is 1.49. The Morgan fingerprint density at radius 3 is 2.75 bits per heavy atom. The van der Waals surface area contributed by atoms with Gasteiger partial charge in [-0.15, -0.1) is 0 Å². The van der Waals surface area contributed by atoms with E-state index in [0.29, 0.717) is 12.3 Å². The molecule has 1 atom stereocenters. The van der Waals surface area contributed by atoms with Crippen LogP contribution in [0.4, 0.5) is 0 Å². The van der Waals surface area contributed by atoms with Crippen LogP contribution in [0, 0.1) is 5.92 Å². The lowest BCUT2D eigenvalue weighted by molar-refractivity contribution is -0.121. The van der Waals surface area contributed by atoms with Crippen LogP contribution in [-0.2, 0) is 4.79 Å². The molecule has 0 aliphatic rings. The summed E-state index contributed by atoms with van der Waals surface area (Å²) < 4.78 is 0. The second-order valence-corrected chi connectivity index (χ2v) is 5.26. The van der Waals surface area contributed by atoms with Crippen molar-refractivity contribution in [1.29, 1.82) is 0 Å². The van der Waals surface area contributed by atoms with E-state index < -0.39 is 0 Å². The van der Waals surface area contributed by atoms with E-state index in [4.69, 9.17) is 5.73 Å². The predicted molar refractivity (Wildman–Crippen MR) is 72.7 cm³/mol. The van der Waals surface area contributed by atoms with Crippen LogP contribution < -0.4 is 11.1 Å². The minimum absolute atomic E-state index is 0.188. The van der Waals surface area contributed by atoms with Crippen LogP contribution >= 0.6 is 11.8 Å². The number of nitrogens with two attached hydrogens (primary N) is 1. The van der Waals surface area contributed by atoms with Gasteiger partial charge < -0.3 is 11.1 Å². The average molecular weight is 246 g/mol. The normalized spacial score (nSPS) is 12.4. The third-order valence-electron chi connectivity index (χ3n) is 2.62. The minimum atomic E-state index is 0.188. The number of carbonyl (C=O) groups is 1. The van der Waals surface area contributed by atoms with Crippen LogP contribution in [-0.4, -0.2) is 31.0 Å². The highest BCUT2D eigenvalue weighted by Gasteiger charge is 2.05. The highest BCUT2D eigenvalue weighted by atomic mass is 32.2. The van der Waals surface area contributed by atoms with Crippen LogP contribution in [0.15, 0.2) is 0 Å². The molecule has 0 saturated heterocycles. The minimum Gasteiger partial charge on any atom is -0.356 e. The lowest BCUT2D eigenvalue weighted by Gasteiger charge is -2.09. The molecule has 1 amide bonds. The molecule has 3 N–H and O–H groups in total. The molecule has 0 spiro atoms. The number of amides is 1. The zero-order valence-corrected chi connectivity index (χ0v) is 11.4. The molecule has 96 valence electrons. The molecule has 0 saturated carbocycles. The summed E-state index contributed by atoms with van der Waals surface area (Å²) in [4.78, 5) is 11.4. The van der Waals surface area contributed by atoms with Gasteiger partial charge in [0, 0.05) is 13.0 Å². The first-order chi connectivity index (χ1) is 7.70. The monoisotopic (exact) mass is 246 g/mol. The largest absolute Gasteiger partial charge is 0.356 e. The van der Waals surface area contributed by atoms with Gasteiger partial charge in [-0.2, -0.15) is 11.8 Å². The maximum absolute atomic E-state index is 11.4. The van der Waals surface area contributed by atoms with Gasteiger partial charge in [0.1, 0.15) is 0 Å². The van der Waals surface area contributed by atoms with Crippen LogP contribution in [0.25, 0.3) is 0 Å². The van der Waals surface area contributed by atoms with Crippen molar-refractivity contribution in [3.8, 4) is 0 Å². The molecule has 0 aliphatic carbocycles. The summed E-state index contributed by atoms with van der Waals surface area (Å²) in [5.74, 6) is 1.93. The van der Waals surface area contributed by atoms with Crippen LogP contribution in [0.5, 0.6) is 0 Å². The van der Waals surface area contributed by atoms with Crippen molar-refractivity contribution in [3.63, 3.8) is 0 Å². The van der Waals surface area contributed by atoms with Crippen molar-refractivity contribution >= 4 is 17.7 Å². The van der Waals surface area contributed by atoms with E-state index in [1.165, 1.54) is 12.2 Å². The molecule has 0 radical (unpaired) electrons. The first-order valence-electron chi connectivity index (χ1n) is 6.16. The summed E-state index contributed by atoms with van der Waals surface area (Å²) in [6, 6.07) is 0. The smallest absolute Gasteiger partial charge is 0.220 e. The van der Waals surface area contributed by atoms with Gasteiger partial charge >= 0.3 is 0 Å². The van der Waals surface area contributed by atoms with E-state index in [0.717, 1.165) is 32.4 Å². The summed E-state index contributed by atoms with van der Waals surface area (Å²) in [6.07, 6.45) is 6.99. The van der Waals surface area contributed by atoms with Gasteiger partial charge in [-0.1, -0.05) is 6.92 Å². The van der Waals surface area contributed by atoms with Crippen molar-refractivity contribution < 1.29 is 4.79 Å². The predicted octanol–water partition coefficient (Wildman–Crippen LogP) is 2.01. The van der Waals surface area contributed by atoms with Crippen molar-refractivity contribution in [2.75, 3.05) is 25.1 Å². The van der Waals surface area contributed by atoms with Gasteiger partial charge in [0.15, 0.2) is 0 Å². The summed E-state index contributed by atoms with van der Waals surface area (Å²) in [6.45, 7) is 3.70. The number of hydrogen-bond acceptors (Lipinski definition) is 3. The molecule has 0 aliphatic heterocycles. The first-order valence-corrected chi connectivity index (χ1v) is 7.55. The van der Waals surface area contributed by atoms with E-state index in [1.54, 1.807) is 0 Å². The van der Waals surface area contributed by atoms with Gasteiger partial charge in [0.2, 0.25) is 5.91 Å². The van der Waals surface area contributed by atoms with Crippen molar-refractivity contribution in [2.45, 2.75) is 39.0 Å². The van der Waals surface area contributed by atoms with Gasteiger partial charge in [0.25, 0.3) is 0 Å². The Hall–Kier alpha value is -0.220. The molecular formula is C12H26N2OS. The zero-order chi connectivity index (χ0) is 12.2. The van der Waals surface area contributed by atoms with E-state index in [1.807, 2.05) is 11.8 Å². The highest BCUT2D eigenvalue weighted by Crippen LogP contribution is 2.08. The molecule has 0 aromatic heterocycles. The Morgan fingerprint density at radius 2 is 2.12 bits per heavy atom. The van der Waals surface area contributed by atoms with Gasteiger partial charge in [-0.25, -0.2) is 0 Å². The maximum Gasteiger partial charge on any atom is 0.220 e. The molecule has 0 aromatic rings. The molecule has 0 fully saturated rings. The number of thioether (sulfide) groups is 1. The molecular weight excluding hydrogens is 220 g/mol. The third-order valence-corrected chi connectivity index (χ3v) is 3.32. The second-order valence-electron chi connectivity index (χ2n) is 4.27. The Labute approximate surface area is 104 Å². The van der Waals surface area contributed by atoms with Crippen LogP contribution in [0.3, 0.4) is 0 Å². The number of carbonyl (C=O) groups excluding carboxylic acids is 1. The summed E-state index contributed by atoms with van der Waals surface area (Å²) >= 11 is 1.86. The number of hydrogen-bond donors (Lipinski definition) is 2. The average Bonchev–Trinajstić information content (AvgIpc) is 2.26. The molecule has 0 aromatic carbocycles. The summed E-state index contributed by atoms with van der Waals surface area (Å²) in [7, 11) is 0. The SMILES string of the molecule is CSCCCCNC(=O)CCC(C)CCN. The van der Waals surface area contributed by atoms with Crippen molar-refractivity contribution in [3.05, 3.63) is 0 Å². The zero-order valence-electron chi connectivity index (χ0n) is 10.6. The van der Waals surface area contributed by atoms with E-state index in [-0.39, 0.29) is 5.91 Å². The van der Waals surface area contributed by atoms with Crippen LogP contribution in [0.1, 0.15) is 39.0 Å². The third kappa shape index (κ3) is 10.3. The summed E-state index contributed by atoms with van der Waals surface area (Å²) in [5.41, 5.74) is 5.46. The van der Waals surface area contributed by atoms with Gasteiger partial charge in [0.05, 0.1) is 0 Å². The Balaban J connectivity index is 3.30. The molecule has 1 unspecified atom stereocenters. The lowest BCUT2D eigenvalue weighted by atomic mass is 10.0. The fourth-order valence-corrected chi connectivity index (χ4v) is 1.99. The molecule has 0 bridgehead atoms. The fraction of sp³-hybridized carbons (Fsp3) is 0.917.